The number of rotatable bonds is 2. The van der Waals surface area contributed by atoms with Gasteiger partial charge in [-0.05, 0) is 0 Å². The van der Waals surface area contributed by atoms with Gasteiger partial charge in [0.05, 0.1) is 15.6 Å². The van der Waals surface area contributed by atoms with Crippen molar-refractivity contribution in [3.05, 3.63) is 0 Å². The van der Waals surface area contributed by atoms with E-state index in [1.54, 1.807) is 0 Å². The van der Waals surface area contributed by atoms with E-state index >= 15 is 0 Å². The van der Waals surface area contributed by atoms with Crippen LogP contribution in [0.15, 0.2) is 0 Å². The molecule has 0 fully saturated rings. The Morgan fingerprint density at radius 3 is 1.00 bits per heavy atom. The van der Waals surface area contributed by atoms with Gasteiger partial charge in [0.15, 0.2) is 0 Å². The van der Waals surface area contributed by atoms with Crippen molar-refractivity contribution in [3.8, 4) is 0 Å². The largest absolute Gasteiger partial charge is 2.00 e. The molecule has 0 aromatic heterocycles. The summed E-state index contributed by atoms with van der Waals surface area (Å²) in [7, 11) is -11.4. The molecule has 12 heavy (non-hydrogen) atoms. The van der Waals surface area contributed by atoms with E-state index in [1.807, 2.05) is 0 Å². The molecular formula is H3NO7P2Zn2. The maximum atomic E-state index is 9.32. The number of hydrogen-bond donors (Lipinski definition) is 1. The second-order valence-corrected chi connectivity index (χ2v) is 3.42. The van der Waals surface area contributed by atoms with Gasteiger partial charge in [-0.1, -0.05) is 0 Å². The van der Waals surface area contributed by atoms with Crippen molar-refractivity contribution < 1.29 is 72.0 Å². The first-order valence-electron chi connectivity index (χ1n) is 1.46. The minimum Gasteiger partial charge on any atom is -0.790 e. The first-order valence-corrected chi connectivity index (χ1v) is 4.38. The molecule has 0 rings (SSSR count). The van der Waals surface area contributed by atoms with E-state index in [-0.39, 0.29) is 45.1 Å². The summed E-state index contributed by atoms with van der Waals surface area (Å²) in [5.74, 6) is 0. The summed E-state index contributed by atoms with van der Waals surface area (Å²) in [6.45, 7) is 0. The van der Waals surface area contributed by atoms with Gasteiger partial charge in [-0.2, -0.15) is 0 Å². The van der Waals surface area contributed by atoms with Crippen LogP contribution in [0.3, 0.4) is 0 Å². The molecule has 0 radical (unpaired) electrons. The smallest absolute Gasteiger partial charge is 0.790 e. The molecule has 3 N–H and O–H groups in total. The number of phosphoric acid groups is 2. The van der Waals surface area contributed by atoms with Crippen LogP contribution >= 0.6 is 15.6 Å². The van der Waals surface area contributed by atoms with E-state index in [1.165, 1.54) is 0 Å². The van der Waals surface area contributed by atoms with E-state index in [9.17, 15) is 28.7 Å². The summed E-state index contributed by atoms with van der Waals surface area (Å²) < 4.78 is 21.2. The van der Waals surface area contributed by atoms with Crippen molar-refractivity contribution in [2.75, 3.05) is 0 Å². The third-order valence-corrected chi connectivity index (χ3v) is 1.80. The van der Waals surface area contributed by atoms with E-state index in [2.05, 4.69) is 4.31 Å². The molecule has 0 spiro atoms. The van der Waals surface area contributed by atoms with Crippen molar-refractivity contribution in [2.24, 2.45) is 0 Å². The minimum absolute atomic E-state index is 0. The van der Waals surface area contributed by atoms with Crippen LogP contribution in [0.4, 0.5) is 0 Å². The molecule has 0 unspecified atom stereocenters. The van der Waals surface area contributed by atoms with Crippen molar-refractivity contribution in [2.45, 2.75) is 0 Å². The van der Waals surface area contributed by atoms with Gasteiger partial charge < -0.3 is 39.2 Å². The average molecular weight is 322 g/mol. The predicted molar refractivity (Wildman–Crippen MR) is 21.3 cm³/mol. The van der Waals surface area contributed by atoms with Crippen LogP contribution < -0.4 is 25.7 Å². The molecule has 0 aromatic carbocycles. The van der Waals surface area contributed by atoms with Gasteiger partial charge in [-0.3, -0.25) is 0 Å². The monoisotopic (exact) mass is 319 g/mol. The fraction of sp³-hybridized carbons (Fsp3) is 0. The molecule has 0 saturated heterocycles. The Kier molecular flexibility index (Phi) is 15.2. The molecule has 8 nitrogen and oxygen atoms in total. The van der Waals surface area contributed by atoms with Gasteiger partial charge in [0.25, 0.3) is 0 Å². The molecule has 0 aliphatic heterocycles. The quantitative estimate of drug-likeness (QED) is 0.409. The zero-order chi connectivity index (χ0) is 7.71. The van der Waals surface area contributed by atoms with Crippen molar-refractivity contribution in [3.63, 3.8) is 0 Å². The molecule has 0 bridgehead atoms. The van der Waals surface area contributed by atoms with E-state index < -0.39 is 15.6 Å². The van der Waals surface area contributed by atoms with E-state index in [0.29, 0.717) is 0 Å². The average Bonchev–Trinajstić information content (AvgIpc) is 1.14. The maximum Gasteiger partial charge on any atom is 2.00 e. The summed E-state index contributed by atoms with van der Waals surface area (Å²) in [6, 6.07) is 0. The molecule has 0 heterocycles. The fourth-order valence-corrected chi connectivity index (χ4v) is 1.10. The van der Waals surface area contributed by atoms with Gasteiger partial charge in [-0.15, -0.1) is 0 Å². The summed E-state index contributed by atoms with van der Waals surface area (Å²) in [5, 5.41) is 0. The van der Waals surface area contributed by atoms with Crippen LogP contribution in [-0.2, 0) is 52.4 Å². The summed E-state index contributed by atoms with van der Waals surface area (Å²) >= 11 is 0. The van der Waals surface area contributed by atoms with Gasteiger partial charge in [0.1, 0.15) is 0 Å². The van der Waals surface area contributed by atoms with E-state index in [0.717, 1.165) is 0 Å². The Labute approximate surface area is 93.7 Å². The zero-order valence-corrected chi connectivity index (χ0v) is 13.6. The van der Waals surface area contributed by atoms with Crippen LogP contribution in [-0.4, -0.2) is 0 Å². The molecule has 12 heteroatoms. The maximum absolute atomic E-state index is 9.32. The van der Waals surface area contributed by atoms with Gasteiger partial charge in [0, 0.05) is 0 Å². The molecular weight excluding hydrogens is 319 g/mol. The third-order valence-electron chi connectivity index (χ3n) is 0.200. The second kappa shape index (κ2) is 7.83. The fourth-order valence-electron chi connectivity index (χ4n) is 0.122. The first-order chi connectivity index (χ1) is 3.71. The second-order valence-electron chi connectivity index (χ2n) is 0.976. The Hall–Kier alpha value is 1.47. The molecule has 0 atom stereocenters. The standard InChI is InChI=1S/H3N.H4O7P2.2Zn/c;1-8(2,3)7-9(4,5)6;;/h1H3;(H2,1,2,3)(H2,4,5,6);;/q;;2*+2/p-4. The van der Waals surface area contributed by atoms with Gasteiger partial charge in [-0.25, -0.2) is 0 Å². The Bertz CT molecular complexity index is 160. The molecule has 0 amide bonds. The molecule has 0 aliphatic carbocycles. The van der Waals surface area contributed by atoms with Crippen molar-refractivity contribution >= 4 is 15.6 Å². The van der Waals surface area contributed by atoms with Gasteiger partial charge in [0.2, 0.25) is 0 Å². The van der Waals surface area contributed by atoms with Crippen molar-refractivity contribution in [1.82, 2.24) is 6.15 Å². The Morgan fingerprint density at radius 1 is 0.833 bits per heavy atom. The predicted octanol–water partition coefficient (Wildman–Crippen LogP) is -3.18. The molecule has 0 saturated carbocycles. The van der Waals surface area contributed by atoms with Crippen LogP contribution in [0.1, 0.15) is 0 Å². The van der Waals surface area contributed by atoms with Crippen LogP contribution in [0.2, 0.25) is 0 Å². The molecule has 0 aliphatic rings. The Balaban J connectivity index is -0.000000107. The van der Waals surface area contributed by atoms with Gasteiger partial charge >= 0.3 is 39.0 Å². The summed E-state index contributed by atoms with van der Waals surface area (Å²) in [5.41, 5.74) is 0. The molecule has 64 valence electrons. The number of hydrogen-bond acceptors (Lipinski definition) is 8. The summed E-state index contributed by atoms with van der Waals surface area (Å²) in [4.78, 5) is 37.3. The third kappa shape index (κ3) is 22.5. The van der Waals surface area contributed by atoms with Crippen LogP contribution in [0.5, 0.6) is 0 Å². The first kappa shape index (κ1) is 23.4. The zero-order valence-electron chi connectivity index (χ0n) is 5.87. The normalized spacial score (nSPS) is 10.3. The minimum atomic E-state index is -5.68. The van der Waals surface area contributed by atoms with Crippen LogP contribution in [0.25, 0.3) is 0 Å². The van der Waals surface area contributed by atoms with E-state index in [4.69, 9.17) is 0 Å². The topological polar surface area (TPSA) is 171 Å². The van der Waals surface area contributed by atoms with Crippen molar-refractivity contribution in [1.29, 1.82) is 0 Å². The molecule has 0 aromatic rings. The summed E-state index contributed by atoms with van der Waals surface area (Å²) in [6.07, 6.45) is 0. The SMILES string of the molecule is N.O=P([O-])([O-])OP(=O)([O-])[O-].[Zn+2].[Zn+2]. The Morgan fingerprint density at radius 2 is 1.00 bits per heavy atom. The van der Waals surface area contributed by atoms with Crippen LogP contribution in [0, 0.1) is 0 Å².